The summed E-state index contributed by atoms with van der Waals surface area (Å²) in [5.41, 5.74) is 1.01. The van der Waals surface area contributed by atoms with E-state index in [9.17, 15) is 0 Å². The van der Waals surface area contributed by atoms with Crippen LogP contribution in [0.4, 0.5) is 0 Å². The summed E-state index contributed by atoms with van der Waals surface area (Å²) in [6.45, 7) is 0.618. The van der Waals surface area contributed by atoms with E-state index in [1.807, 2.05) is 13.2 Å². The van der Waals surface area contributed by atoms with Gasteiger partial charge in [-0.15, -0.1) is 11.6 Å². The normalized spacial score (nSPS) is 10.7. The molecule has 2 rings (SSSR count). The minimum absolute atomic E-state index is 0.485. The highest BCUT2D eigenvalue weighted by molar-refractivity contribution is 6.17. The maximum atomic E-state index is 5.67. The Hall–Kier alpha value is -1.36. The topological polar surface area (TPSA) is 48.5 Å². The van der Waals surface area contributed by atoms with Crippen molar-refractivity contribution in [1.29, 1.82) is 0 Å². The molecular formula is C8H10ClN5. The van der Waals surface area contributed by atoms with Gasteiger partial charge in [-0.25, -0.2) is 4.98 Å². The summed E-state index contributed by atoms with van der Waals surface area (Å²) < 4.78 is 3.52. The first-order chi connectivity index (χ1) is 6.79. The number of nitrogens with zero attached hydrogens (tertiary/aromatic N) is 5. The Morgan fingerprint density at radius 3 is 2.86 bits per heavy atom. The zero-order valence-electron chi connectivity index (χ0n) is 7.76. The van der Waals surface area contributed by atoms with Gasteiger partial charge in [0, 0.05) is 18.8 Å². The zero-order chi connectivity index (χ0) is 9.97. The van der Waals surface area contributed by atoms with E-state index < -0.39 is 0 Å². The van der Waals surface area contributed by atoms with Gasteiger partial charge in [0.15, 0.2) is 0 Å². The minimum Gasteiger partial charge on any atom is -0.265 e. The van der Waals surface area contributed by atoms with Crippen LogP contribution >= 0.6 is 11.6 Å². The van der Waals surface area contributed by atoms with Gasteiger partial charge in [0.1, 0.15) is 18.7 Å². The SMILES string of the molecule is Cn1ncnc1Cn1cc(CCl)cn1. The van der Waals surface area contributed by atoms with Crippen molar-refractivity contribution in [1.82, 2.24) is 24.5 Å². The van der Waals surface area contributed by atoms with Gasteiger partial charge in [-0.05, 0) is 0 Å². The maximum absolute atomic E-state index is 5.67. The van der Waals surface area contributed by atoms with Gasteiger partial charge in [-0.3, -0.25) is 9.36 Å². The smallest absolute Gasteiger partial charge is 0.148 e. The molecule has 5 nitrogen and oxygen atoms in total. The third kappa shape index (κ3) is 1.77. The molecule has 0 bridgehead atoms. The highest BCUT2D eigenvalue weighted by atomic mass is 35.5. The fraction of sp³-hybridized carbons (Fsp3) is 0.375. The van der Waals surface area contributed by atoms with Crippen LogP contribution in [0.1, 0.15) is 11.4 Å². The van der Waals surface area contributed by atoms with Gasteiger partial charge in [0.05, 0.1) is 12.1 Å². The third-order valence-corrected chi connectivity index (χ3v) is 2.26. The van der Waals surface area contributed by atoms with Crippen LogP contribution in [-0.2, 0) is 19.5 Å². The van der Waals surface area contributed by atoms with Gasteiger partial charge in [-0.2, -0.15) is 10.2 Å². The molecule has 0 fully saturated rings. The summed E-state index contributed by atoms with van der Waals surface area (Å²) in [5, 5.41) is 8.13. The second-order valence-corrected chi connectivity index (χ2v) is 3.25. The molecule has 0 radical (unpaired) electrons. The van der Waals surface area contributed by atoms with Gasteiger partial charge in [0.2, 0.25) is 0 Å². The molecule has 2 aromatic rings. The number of alkyl halides is 1. The fourth-order valence-corrected chi connectivity index (χ4v) is 1.31. The third-order valence-electron chi connectivity index (χ3n) is 1.95. The van der Waals surface area contributed by atoms with Gasteiger partial charge >= 0.3 is 0 Å². The minimum atomic E-state index is 0.485. The second-order valence-electron chi connectivity index (χ2n) is 2.98. The highest BCUT2D eigenvalue weighted by Gasteiger charge is 2.02. The first-order valence-electron chi connectivity index (χ1n) is 4.20. The largest absolute Gasteiger partial charge is 0.265 e. The van der Waals surface area contributed by atoms with Crippen LogP contribution in [0.25, 0.3) is 0 Å². The van der Waals surface area contributed by atoms with Crippen LogP contribution in [-0.4, -0.2) is 24.5 Å². The second kappa shape index (κ2) is 3.79. The van der Waals surface area contributed by atoms with Crippen molar-refractivity contribution in [2.24, 2.45) is 7.05 Å². The van der Waals surface area contributed by atoms with Crippen LogP contribution in [0.2, 0.25) is 0 Å². The number of halogens is 1. The van der Waals surface area contributed by atoms with Crippen LogP contribution < -0.4 is 0 Å². The Kier molecular flexibility index (Phi) is 2.49. The van der Waals surface area contributed by atoms with E-state index in [1.54, 1.807) is 15.6 Å². The molecule has 74 valence electrons. The summed E-state index contributed by atoms with van der Waals surface area (Å²) in [6.07, 6.45) is 5.19. The lowest BCUT2D eigenvalue weighted by molar-refractivity contribution is 0.607. The van der Waals surface area contributed by atoms with Crippen LogP contribution in [0.15, 0.2) is 18.7 Å². The zero-order valence-corrected chi connectivity index (χ0v) is 8.52. The van der Waals surface area contributed by atoms with E-state index in [0.29, 0.717) is 12.4 Å². The number of hydrogen-bond acceptors (Lipinski definition) is 3. The van der Waals surface area contributed by atoms with Gasteiger partial charge in [-0.1, -0.05) is 0 Å². The Bertz CT molecular complexity index is 419. The number of rotatable bonds is 3. The quantitative estimate of drug-likeness (QED) is 0.706. The van der Waals surface area contributed by atoms with Crippen LogP contribution in [0, 0.1) is 0 Å². The van der Waals surface area contributed by atoms with Crippen molar-refractivity contribution in [2.45, 2.75) is 12.4 Å². The molecule has 0 saturated heterocycles. The highest BCUT2D eigenvalue weighted by Crippen LogP contribution is 2.03. The first-order valence-corrected chi connectivity index (χ1v) is 4.73. The van der Waals surface area contributed by atoms with Crippen LogP contribution in [0.3, 0.4) is 0 Å². The average Bonchev–Trinajstić information content (AvgIpc) is 2.77. The number of hydrogen-bond donors (Lipinski definition) is 0. The predicted octanol–water partition coefficient (Wildman–Crippen LogP) is 0.799. The Balaban J connectivity index is 2.15. The summed E-state index contributed by atoms with van der Waals surface area (Å²) in [5.74, 6) is 1.35. The molecule has 2 heterocycles. The van der Waals surface area contributed by atoms with E-state index >= 15 is 0 Å². The molecule has 2 aromatic heterocycles. The van der Waals surface area contributed by atoms with Crippen molar-refractivity contribution in [3.63, 3.8) is 0 Å². The first kappa shape index (κ1) is 9.21. The molecule has 0 spiro atoms. The molecule has 14 heavy (non-hydrogen) atoms. The van der Waals surface area contributed by atoms with Gasteiger partial charge < -0.3 is 0 Å². The summed E-state index contributed by atoms with van der Waals surface area (Å²) in [4.78, 5) is 4.10. The Labute approximate surface area is 86.3 Å². The van der Waals surface area contributed by atoms with E-state index in [2.05, 4.69) is 15.2 Å². The molecule has 0 aliphatic heterocycles. The molecule has 0 unspecified atom stereocenters. The number of aryl methyl sites for hydroxylation is 1. The van der Waals surface area contributed by atoms with Gasteiger partial charge in [0.25, 0.3) is 0 Å². The molecular weight excluding hydrogens is 202 g/mol. The standard InChI is InChI=1S/C8H10ClN5/c1-13-8(10-6-12-13)5-14-4-7(2-9)3-11-14/h3-4,6H,2,5H2,1H3. The van der Waals surface area contributed by atoms with E-state index in [0.717, 1.165) is 11.4 Å². The van der Waals surface area contributed by atoms with Crippen molar-refractivity contribution in [3.8, 4) is 0 Å². The Morgan fingerprint density at radius 1 is 1.43 bits per heavy atom. The molecule has 0 aromatic carbocycles. The van der Waals surface area contributed by atoms with E-state index in [4.69, 9.17) is 11.6 Å². The van der Waals surface area contributed by atoms with Crippen molar-refractivity contribution in [2.75, 3.05) is 0 Å². The van der Waals surface area contributed by atoms with E-state index in [1.165, 1.54) is 6.33 Å². The summed E-state index contributed by atoms with van der Waals surface area (Å²) >= 11 is 5.67. The summed E-state index contributed by atoms with van der Waals surface area (Å²) in [6, 6.07) is 0. The predicted molar refractivity (Wildman–Crippen MR) is 51.9 cm³/mol. The molecule has 0 aliphatic rings. The molecule has 6 heteroatoms. The molecule has 0 atom stereocenters. The average molecular weight is 212 g/mol. The maximum Gasteiger partial charge on any atom is 0.148 e. The fourth-order valence-electron chi connectivity index (χ4n) is 1.17. The molecule has 0 N–H and O–H groups in total. The lowest BCUT2D eigenvalue weighted by atomic mass is 10.4. The van der Waals surface area contributed by atoms with E-state index in [-0.39, 0.29) is 0 Å². The van der Waals surface area contributed by atoms with Crippen molar-refractivity contribution in [3.05, 3.63) is 30.1 Å². The van der Waals surface area contributed by atoms with Crippen molar-refractivity contribution < 1.29 is 0 Å². The monoisotopic (exact) mass is 211 g/mol. The lowest BCUT2D eigenvalue weighted by Crippen LogP contribution is -2.07. The van der Waals surface area contributed by atoms with Crippen molar-refractivity contribution >= 4 is 11.6 Å². The molecule has 0 saturated carbocycles. The molecule has 0 aliphatic carbocycles. The lowest BCUT2D eigenvalue weighted by Gasteiger charge is -1.99. The molecule has 0 amide bonds. The Morgan fingerprint density at radius 2 is 2.29 bits per heavy atom. The van der Waals surface area contributed by atoms with Crippen LogP contribution in [0.5, 0.6) is 0 Å². The number of aromatic nitrogens is 5. The summed E-state index contributed by atoms with van der Waals surface area (Å²) in [7, 11) is 1.86.